The number of methoxy groups -OCH3 is 2. The van der Waals surface area contributed by atoms with Gasteiger partial charge < -0.3 is 19.2 Å². The third-order valence-corrected chi connectivity index (χ3v) is 4.34. The van der Waals surface area contributed by atoms with Crippen LogP contribution in [0.5, 0.6) is 17.2 Å². The summed E-state index contributed by atoms with van der Waals surface area (Å²) in [6.45, 7) is 2.61. The molecule has 0 atom stereocenters. The molecule has 7 heteroatoms. The summed E-state index contributed by atoms with van der Waals surface area (Å²) in [5.41, 5.74) is 2.68. The average molecular weight is 345 g/mol. The Labute approximate surface area is 144 Å². The zero-order chi connectivity index (χ0) is 16.9. The third-order valence-electron chi connectivity index (χ3n) is 3.45. The fourth-order valence-electron chi connectivity index (χ4n) is 2.38. The van der Waals surface area contributed by atoms with E-state index < -0.39 is 0 Å². The molecule has 0 fully saturated rings. The maximum Gasteiger partial charge on any atom is 0.183 e. The van der Waals surface area contributed by atoms with Crippen molar-refractivity contribution in [1.82, 2.24) is 15.0 Å². The Balaban J connectivity index is 1.78. The molecule has 0 aliphatic carbocycles. The highest BCUT2D eigenvalue weighted by atomic mass is 32.2. The van der Waals surface area contributed by atoms with Crippen LogP contribution in [0.2, 0.25) is 0 Å². The minimum Gasteiger partial charge on any atom is -0.494 e. The van der Waals surface area contributed by atoms with E-state index in [1.54, 1.807) is 38.2 Å². The van der Waals surface area contributed by atoms with Crippen LogP contribution in [0, 0.1) is 0 Å². The van der Waals surface area contributed by atoms with Crippen molar-refractivity contribution >= 4 is 22.8 Å². The molecule has 2 heterocycles. The van der Waals surface area contributed by atoms with E-state index >= 15 is 0 Å². The predicted molar refractivity (Wildman–Crippen MR) is 94.2 cm³/mol. The first-order valence-electron chi connectivity index (χ1n) is 7.56. The molecule has 3 rings (SSSR count). The lowest BCUT2D eigenvalue weighted by molar-refractivity contribution is 0.340. The number of nitrogens with one attached hydrogen (secondary N) is 1. The second kappa shape index (κ2) is 7.44. The number of H-pyrrole nitrogens is 1. The molecule has 24 heavy (non-hydrogen) atoms. The zero-order valence-electron chi connectivity index (χ0n) is 13.8. The number of fused-ring (bicyclic) bond motifs is 1. The number of pyridine rings is 1. The number of rotatable bonds is 7. The lowest BCUT2D eigenvalue weighted by Crippen LogP contribution is -1.97. The molecule has 0 amide bonds. The van der Waals surface area contributed by atoms with Crippen molar-refractivity contribution in [3.63, 3.8) is 0 Å². The molecule has 1 aromatic carbocycles. The monoisotopic (exact) mass is 345 g/mol. The van der Waals surface area contributed by atoms with Crippen LogP contribution in [0.4, 0.5) is 0 Å². The number of imidazole rings is 1. The van der Waals surface area contributed by atoms with Crippen molar-refractivity contribution in [2.75, 3.05) is 20.8 Å². The Kier molecular flexibility index (Phi) is 5.10. The van der Waals surface area contributed by atoms with Gasteiger partial charge in [0.25, 0.3) is 0 Å². The molecule has 0 radical (unpaired) electrons. The normalized spacial score (nSPS) is 10.8. The van der Waals surface area contributed by atoms with Crippen molar-refractivity contribution in [3.05, 3.63) is 36.2 Å². The molecule has 0 bridgehead atoms. The van der Waals surface area contributed by atoms with E-state index in [0.717, 1.165) is 27.6 Å². The summed E-state index contributed by atoms with van der Waals surface area (Å²) in [4.78, 5) is 12.3. The van der Waals surface area contributed by atoms with Gasteiger partial charge in [-0.2, -0.15) is 0 Å². The minimum atomic E-state index is 0.624. The van der Waals surface area contributed by atoms with Crippen molar-refractivity contribution < 1.29 is 14.2 Å². The number of ether oxygens (including phenoxy) is 3. The summed E-state index contributed by atoms with van der Waals surface area (Å²) in [6, 6.07) is 7.61. The minimum absolute atomic E-state index is 0.624. The van der Waals surface area contributed by atoms with Crippen LogP contribution < -0.4 is 14.2 Å². The Bertz CT molecular complexity index is 835. The number of nitrogens with zero attached hydrogens (tertiary/aromatic N) is 2. The fraction of sp³-hybridized carbons (Fsp3) is 0.294. The molecule has 126 valence electrons. The molecule has 0 saturated carbocycles. The molecule has 2 aromatic heterocycles. The number of aromatic nitrogens is 3. The summed E-state index contributed by atoms with van der Waals surface area (Å²) in [5.74, 6) is 2.79. The van der Waals surface area contributed by atoms with Gasteiger partial charge in [-0.25, -0.2) is 4.98 Å². The van der Waals surface area contributed by atoms with Crippen molar-refractivity contribution in [3.8, 4) is 17.2 Å². The molecule has 0 saturated heterocycles. The highest BCUT2D eigenvalue weighted by Crippen LogP contribution is 2.33. The molecule has 0 aliphatic heterocycles. The van der Waals surface area contributed by atoms with Crippen LogP contribution in [-0.4, -0.2) is 35.8 Å². The second-order valence-corrected chi connectivity index (χ2v) is 5.90. The van der Waals surface area contributed by atoms with E-state index in [4.69, 9.17) is 14.2 Å². The maximum absolute atomic E-state index is 5.51. The van der Waals surface area contributed by atoms with Gasteiger partial charge in [0.1, 0.15) is 5.75 Å². The van der Waals surface area contributed by atoms with E-state index in [0.29, 0.717) is 23.9 Å². The van der Waals surface area contributed by atoms with E-state index in [9.17, 15) is 0 Å². The predicted octanol–water partition coefficient (Wildman–Crippen LogP) is 3.67. The lowest BCUT2D eigenvalue weighted by Gasteiger charge is -2.10. The molecule has 0 unspecified atom stereocenters. The van der Waals surface area contributed by atoms with Crippen LogP contribution in [0.25, 0.3) is 11.0 Å². The summed E-state index contributed by atoms with van der Waals surface area (Å²) >= 11 is 1.56. The fourth-order valence-corrected chi connectivity index (χ4v) is 3.20. The summed E-state index contributed by atoms with van der Waals surface area (Å²) in [7, 11) is 3.23. The standard InChI is InChI=1S/C17H19N3O3S/c1-4-23-11-5-6-12-13(9-11)20-17(19-12)24-10-14-16(22-3)15(21-2)7-8-18-14/h5-9H,4,10H2,1-3H3,(H,19,20). The van der Waals surface area contributed by atoms with Crippen LogP contribution in [0.15, 0.2) is 35.6 Å². The first kappa shape index (κ1) is 16.4. The van der Waals surface area contributed by atoms with Gasteiger partial charge in [0.15, 0.2) is 16.7 Å². The van der Waals surface area contributed by atoms with Gasteiger partial charge in [-0.3, -0.25) is 4.98 Å². The third kappa shape index (κ3) is 3.41. The number of thioether (sulfide) groups is 1. The Hall–Kier alpha value is -2.41. The Morgan fingerprint density at radius 1 is 1.17 bits per heavy atom. The van der Waals surface area contributed by atoms with Gasteiger partial charge in [-0.05, 0) is 19.1 Å². The molecule has 1 N–H and O–H groups in total. The number of benzene rings is 1. The van der Waals surface area contributed by atoms with Gasteiger partial charge >= 0.3 is 0 Å². The van der Waals surface area contributed by atoms with Gasteiger partial charge in [-0.1, -0.05) is 11.8 Å². The van der Waals surface area contributed by atoms with Crippen molar-refractivity contribution in [2.45, 2.75) is 17.8 Å². The number of hydrogen-bond donors (Lipinski definition) is 1. The van der Waals surface area contributed by atoms with Crippen LogP contribution in [-0.2, 0) is 5.75 Å². The van der Waals surface area contributed by atoms with Crippen molar-refractivity contribution in [2.24, 2.45) is 0 Å². The van der Waals surface area contributed by atoms with Gasteiger partial charge in [0.2, 0.25) is 0 Å². The van der Waals surface area contributed by atoms with Crippen LogP contribution in [0.1, 0.15) is 12.6 Å². The first-order valence-corrected chi connectivity index (χ1v) is 8.55. The molecular formula is C17H19N3O3S. The van der Waals surface area contributed by atoms with Gasteiger partial charge in [-0.15, -0.1) is 0 Å². The van der Waals surface area contributed by atoms with Crippen molar-refractivity contribution in [1.29, 1.82) is 0 Å². The van der Waals surface area contributed by atoms with E-state index in [2.05, 4.69) is 15.0 Å². The maximum atomic E-state index is 5.51. The highest BCUT2D eigenvalue weighted by molar-refractivity contribution is 7.98. The molecule has 0 spiro atoms. The number of hydrogen-bond acceptors (Lipinski definition) is 6. The topological polar surface area (TPSA) is 69.3 Å². The SMILES string of the molecule is CCOc1ccc2nc(SCc3nccc(OC)c3OC)[nH]c2c1. The summed E-state index contributed by atoms with van der Waals surface area (Å²) < 4.78 is 16.2. The molecular weight excluding hydrogens is 326 g/mol. The second-order valence-electron chi connectivity index (χ2n) is 4.94. The molecule has 0 aliphatic rings. The summed E-state index contributed by atoms with van der Waals surface area (Å²) in [5, 5.41) is 0.824. The Morgan fingerprint density at radius 2 is 2.04 bits per heavy atom. The lowest BCUT2D eigenvalue weighted by atomic mass is 10.3. The average Bonchev–Trinajstić information content (AvgIpc) is 3.01. The van der Waals surface area contributed by atoms with Gasteiger partial charge in [0.05, 0.1) is 37.6 Å². The largest absolute Gasteiger partial charge is 0.494 e. The van der Waals surface area contributed by atoms with Crippen LogP contribution >= 0.6 is 11.8 Å². The highest BCUT2D eigenvalue weighted by Gasteiger charge is 2.12. The smallest absolute Gasteiger partial charge is 0.183 e. The molecule has 6 nitrogen and oxygen atoms in total. The summed E-state index contributed by atoms with van der Waals surface area (Å²) in [6.07, 6.45) is 1.71. The Morgan fingerprint density at radius 3 is 2.79 bits per heavy atom. The zero-order valence-corrected chi connectivity index (χ0v) is 14.6. The van der Waals surface area contributed by atoms with Crippen LogP contribution in [0.3, 0.4) is 0 Å². The first-order chi connectivity index (χ1) is 11.7. The van der Waals surface area contributed by atoms with E-state index in [-0.39, 0.29) is 0 Å². The number of aromatic amines is 1. The van der Waals surface area contributed by atoms with E-state index in [1.807, 2.05) is 25.1 Å². The quantitative estimate of drug-likeness (QED) is 0.659. The van der Waals surface area contributed by atoms with E-state index in [1.165, 1.54) is 0 Å². The van der Waals surface area contributed by atoms with Gasteiger partial charge in [0, 0.05) is 24.1 Å². The molecule has 3 aromatic rings.